The predicted molar refractivity (Wildman–Crippen MR) is 105 cm³/mol. The minimum atomic E-state index is -0.427. The molecule has 2 aromatic heterocycles. The zero-order valence-corrected chi connectivity index (χ0v) is 15.0. The summed E-state index contributed by atoms with van der Waals surface area (Å²) >= 11 is 0. The van der Waals surface area contributed by atoms with Crippen molar-refractivity contribution in [3.63, 3.8) is 0 Å². The van der Waals surface area contributed by atoms with Crippen LogP contribution in [-0.4, -0.2) is 26.7 Å². The van der Waals surface area contributed by atoms with Crippen molar-refractivity contribution in [1.82, 2.24) is 15.0 Å². The molecular formula is C21H14N4O4. The molecule has 1 aliphatic heterocycles. The Morgan fingerprint density at radius 1 is 0.966 bits per heavy atom. The van der Waals surface area contributed by atoms with E-state index >= 15 is 0 Å². The number of nitro groups is 1. The van der Waals surface area contributed by atoms with E-state index in [1.165, 1.54) is 12.1 Å². The van der Waals surface area contributed by atoms with Crippen molar-refractivity contribution in [3.8, 4) is 45.5 Å². The van der Waals surface area contributed by atoms with Gasteiger partial charge in [-0.3, -0.25) is 15.1 Å². The lowest BCUT2D eigenvalue weighted by molar-refractivity contribution is -0.384. The van der Waals surface area contributed by atoms with Crippen molar-refractivity contribution >= 4 is 5.69 Å². The molecule has 0 unspecified atom stereocenters. The predicted octanol–water partition coefficient (Wildman–Crippen LogP) is 4.44. The molecule has 5 rings (SSSR count). The lowest BCUT2D eigenvalue weighted by Gasteiger charge is -2.03. The van der Waals surface area contributed by atoms with E-state index in [2.05, 4.69) is 9.97 Å². The summed E-state index contributed by atoms with van der Waals surface area (Å²) in [5.74, 6) is 1.95. The fraction of sp³-hybridized carbons (Fsp3) is 0.0476. The van der Waals surface area contributed by atoms with Crippen molar-refractivity contribution in [2.45, 2.75) is 0 Å². The van der Waals surface area contributed by atoms with Gasteiger partial charge in [-0.2, -0.15) is 0 Å². The van der Waals surface area contributed by atoms with E-state index in [0.717, 1.165) is 22.5 Å². The second-order valence-electron chi connectivity index (χ2n) is 6.40. The van der Waals surface area contributed by atoms with Crippen LogP contribution in [0.1, 0.15) is 0 Å². The first-order valence-corrected chi connectivity index (χ1v) is 8.85. The zero-order valence-electron chi connectivity index (χ0n) is 15.0. The summed E-state index contributed by atoms with van der Waals surface area (Å²) < 4.78 is 10.9. The van der Waals surface area contributed by atoms with Gasteiger partial charge in [0.05, 0.1) is 22.0 Å². The van der Waals surface area contributed by atoms with Gasteiger partial charge in [0.1, 0.15) is 5.82 Å². The quantitative estimate of drug-likeness (QED) is 0.411. The van der Waals surface area contributed by atoms with Gasteiger partial charge in [-0.15, -0.1) is 0 Å². The number of non-ortho nitro benzene ring substituents is 1. The highest BCUT2D eigenvalue weighted by Gasteiger charge is 2.20. The lowest BCUT2D eigenvalue weighted by Crippen LogP contribution is -1.92. The topological polar surface area (TPSA) is 103 Å². The summed E-state index contributed by atoms with van der Waals surface area (Å²) in [5, 5.41) is 10.9. The summed E-state index contributed by atoms with van der Waals surface area (Å²) in [6, 6.07) is 17.5. The molecule has 1 N–H and O–H groups in total. The zero-order chi connectivity index (χ0) is 19.8. The minimum absolute atomic E-state index is 0.0289. The summed E-state index contributed by atoms with van der Waals surface area (Å²) in [6.07, 6.45) is 1.71. The molecular weight excluding hydrogens is 372 g/mol. The third kappa shape index (κ3) is 3.06. The molecule has 0 amide bonds. The summed E-state index contributed by atoms with van der Waals surface area (Å²) in [7, 11) is 0. The van der Waals surface area contributed by atoms with Crippen molar-refractivity contribution in [3.05, 3.63) is 77.0 Å². The van der Waals surface area contributed by atoms with Gasteiger partial charge in [0, 0.05) is 29.5 Å². The van der Waals surface area contributed by atoms with Crippen LogP contribution in [0.25, 0.3) is 34.0 Å². The number of ether oxygens (including phenoxy) is 2. The van der Waals surface area contributed by atoms with Crippen molar-refractivity contribution in [1.29, 1.82) is 0 Å². The molecule has 0 saturated heterocycles. The average molecular weight is 386 g/mol. The van der Waals surface area contributed by atoms with Crippen LogP contribution in [0.3, 0.4) is 0 Å². The SMILES string of the molecule is O=[N+]([O-])c1ccc(-c2nc(-c3ccc4c(c3)OCO4)c(-c3ccccn3)[nH]2)cc1. The molecule has 0 fully saturated rings. The fourth-order valence-corrected chi connectivity index (χ4v) is 3.20. The molecule has 0 radical (unpaired) electrons. The Balaban J connectivity index is 1.64. The number of benzene rings is 2. The molecule has 8 heteroatoms. The highest BCUT2D eigenvalue weighted by Crippen LogP contribution is 2.39. The number of fused-ring (bicyclic) bond motifs is 1. The molecule has 1 aliphatic rings. The minimum Gasteiger partial charge on any atom is -0.454 e. The number of nitrogens with zero attached hydrogens (tertiary/aromatic N) is 3. The number of aromatic nitrogens is 3. The van der Waals surface area contributed by atoms with E-state index in [-0.39, 0.29) is 12.5 Å². The molecule has 8 nitrogen and oxygen atoms in total. The van der Waals surface area contributed by atoms with Crippen molar-refractivity contribution < 1.29 is 14.4 Å². The molecule has 2 aromatic carbocycles. The van der Waals surface area contributed by atoms with Crippen LogP contribution < -0.4 is 9.47 Å². The van der Waals surface area contributed by atoms with E-state index < -0.39 is 4.92 Å². The number of hydrogen-bond donors (Lipinski definition) is 1. The number of aromatic amines is 1. The number of H-pyrrole nitrogens is 1. The van der Waals surface area contributed by atoms with Gasteiger partial charge < -0.3 is 14.5 Å². The number of pyridine rings is 1. The molecule has 0 atom stereocenters. The number of rotatable bonds is 4. The van der Waals surface area contributed by atoms with Gasteiger partial charge >= 0.3 is 0 Å². The third-order valence-electron chi connectivity index (χ3n) is 4.62. The third-order valence-corrected chi connectivity index (χ3v) is 4.62. The molecule has 0 saturated carbocycles. The number of hydrogen-bond acceptors (Lipinski definition) is 6. The maximum Gasteiger partial charge on any atom is 0.269 e. The van der Waals surface area contributed by atoms with Gasteiger partial charge in [0.25, 0.3) is 5.69 Å². The Bertz CT molecular complexity index is 1200. The van der Waals surface area contributed by atoms with Crippen molar-refractivity contribution in [2.75, 3.05) is 6.79 Å². The van der Waals surface area contributed by atoms with E-state index in [0.29, 0.717) is 23.0 Å². The summed E-state index contributed by atoms with van der Waals surface area (Å²) in [4.78, 5) is 23.0. The Labute approximate surface area is 164 Å². The van der Waals surface area contributed by atoms with E-state index in [9.17, 15) is 10.1 Å². The second-order valence-corrected chi connectivity index (χ2v) is 6.40. The number of nitro benzene ring substituents is 1. The first-order valence-electron chi connectivity index (χ1n) is 8.85. The molecule has 0 bridgehead atoms. The van der Waals surface area contributed by atoms with Crippen LogP contribution in [0.5, 0.6) is 11.5 Å². The molecule has 4 aromatic rings. The number of nitrogens with one attached hydrogen (secondary N) is 1. The van der Waals surface area contributed by atoms with Crippen LogP contribution in [0.4, 0.5) is 5.69 Å². The van der Waals surface area contributed by atoms with Crippen LogP contribution in [-0.2, 0) is 0 Å². The molecule has 3 heterocycles. The smallest absolute Gasteiger partial charge is 0.269 e. The normalized spacial score (nSPS) is 12.1. The standard InChI is InChI=1S/C21H14N4O4/c26-25(27)15-7-4-13(5-8-15)21-23-19(20(24-21)16-3-1-2-10-22-16)14-6-9-17-18(11-14)29-12-28-17/h1-11H,12H2,(H,23,24). The monoisotopic (exact) mass is 386 g/mol. The van der Waals surface area contributed by atoms with E-state index in [1.807, 2.05) is 36.4 Å². The molecule has 0 aliphatic carbocycles. The molecule has 142 valence electrons. The van der Waals surface area contributed by atoms with Gasteiger partial charge in [-0.25, -0.2) is 4.98 Å². The highest BCUT2D eigenvalue weighted by atomic mass is 16.7. The maximum absolute atomic E-state index is 10.9. The van der Waals surface area contributed by atoms with Gasteiger partial charge in [-0.05, 0) is 42.5 Å². The fourth-order valence-electron chi connectivity index (χ4n) is 3.20. The first-order chi connectivity index (χ1) is 14.2. The Morgan fingerprint density at radius 2 is 1.76 bits per heavy atom. The summed E-state index contributed by atoms with van der Waals surface area (Å²) in [5.41, 5.74) is 3.80. The molecule has 0 spiro atoms. The highest BCUT2D eigenvalue weighted by molar-refractivity contribution is 5.81. The van der Waals surface area contributed by atoms with Crippen molar-refractivity contribution in [2.24, 2.45) is 0 Å². The van der Waals surface area contributed by atoms with Crippen LogP contribution in [0.2, 0.25) is 0 Å². The van der Waals surface area contributed by atoms with E-state index in [4.69, 9.17) is 14.5 Å². The van der Waals surface area contributed by atoms with Gasteiger partial charge in [0.15, 0.2) is 11.5 Å². The van der Waals surface area contributed by atoms with Gasteiger partial charge in [0.2, 0.25) is 6.79 Å². The largest absolute Gasteiger partial charge is 0.454 e. The Kier molecular flexibility index (Phi) is 3.94. The summed E-state index contributed by atoms with van der Waals surface area (Å²) in [6.45, 7) is 0.195. The Hall–Kier alpha value is -4.20. The second kappa shape index (κ2) is 6.75. The van der Waals surface area contributed by atoms with E-state index in [1.54, 1.807) is 18.3 Å². The van der Waals surface area contributed by atoms with Crippen LogP contribution in [0, 0.1) is 10.1 Å². The van der Waals surface area contributed by atoms with Crippen LogP contribution in [0.15, 0.2) is 66.9 Å². The maximum atomic E-state index is 10.9. The Morgan fingerprint density at radius 3 is 2.52 bits per heavy atom. The lowest BCUT2D eigenvalue weighted by atomic mass is 10.1. The average Bonchev–Trinajstić information content (AvgIpc) is 3.41. The first kappa shape index (κ1) is 16.9. The van der Waals surface area contributed by atoms with Crippen LogP contribution >= 0.6 is 0 Å². The molecule has 29 heavy (non-hydrogen) atoms. The number of imidazole rings is 1. The van der Waals surface area contributed by atoms with Gasteiger partial charge in [-0.1, -0.05) is 6.07 Å².